The van der Waals surface area contributed by atoms with Gasteiger partial charge in [0.1, 0.15) is 0 Å². The second-order valence-electron chi connectivity index (χ2n) is 2.64. The van der Waals surface area contributed by atoms with Crippen molar-refractivity contribution < 1.29 is 0 Å². The van der Waals surface area contributed by atoms with Crippen LogP contribution in [0.3, 0.4) is 0 Å². The lowest BCUT2D eigenvalue weighted by Crippen LogP contribution is -2.07. The van der Waals surface area contributed by atoms with Crippen LogP contribution in [0, 0.1) is 3.57 Å². The number of hydrogen-bond acceptors (Lipinski definition) is 3. The maximum Gasteiger partial charge on any atom is 0.0856 e. The van der Waals surface area contributed by atoms with E-state index in [-0.39, 0.29) is 0 Å². The van der Waals surface area contributed by atoms with Crippen LogP contribution in [0.15, 0.2) is 30.5 Å². The lowest BCUT2D eigenvalue weighted by molar-refractivity contribution is 1.33. The normalized spacial score (nSPS) is 10.3. The largest absolute Gasteiger partial charge is 0.323 e. The molecule has 0 unspecified atom stereocenters. The Morgan fingerprint density at radius 3 is 2.92 bits per heavy atom. The van der Waals surface area contributed by atoms with Crippen molar-refractivity contribution in [2.75, 3.05) is 5.43 Å². The molecule has 3 nitrogen and oxygen atoms in total. The van der Waals surface area contributed by atoms with Gasteiger partial charge in [-0.1, -0.05) is 12.1 Å². The number of hydrogen-bond donors (Lipinski definition) is 2. The highest BCUT2D eigenvalue weighted by Crippen LogP contribution is 2.23. The number of anilines is 1. The van der Waals surface area contributed by atoms with Gasteiger partial charge in [-0.15, -0.1) is 0 Å². The number of fused-ring (bicyclic) bond motifs is 1. The molecular weight excluding hydrogens is 277 g/mol. The molecule has 0 aliphatic rings. The topological polar surface area (TPSA) is 50.9 Å². The Hall–Kier alpha value is -0.880. The first kappa shape index (κ1) is 8.71. The molecule has 2 aromatic rings. The molecule has 0 radical (unpaired) electrons. The number of nitrogens with one attached hydrogen (secondary N) is 1. The second kappa shape index (κ2) is 3.47. The van der Waals surface area contributed by atoms with E-state index in [4.69, 9.17) is 5.84 Å². The van der Waals surface area contributed by atoms with Crippen LogP contribution < -0.4 is 11.3 Å². The van der Waals surface area contributed by atoms with Crippen LogP contribution in [0.5, 0.6) is 0 Å². The fraction of sp³-hybridized carbons (Fsp3) is 0. The fourth-order valence-corrected chi connectivity index (χ4v) is 1.90. The Bertz CT molecular complexity index is 442. The van der Waals surface area contributed by atoms with Crippen molar-refractivity contribution in [1.82, 2.24) is 4.98 Å². The van der Waals surface area contributed by atoms with Gasteiger partial charge < -0.3 is 5.43 Å². The molecule has 4 heteroatoms. The summed E-state index contributed by atoms with van der Waals surface area (Å²) in [7, 11) is 0. The summed E-state index contributed by atoms with van der Waals surface area (Å²) in [5.41, 5.74) is 4.54. The fourth-order valence-electron chi connectivity index (χ4n) is 1.27. The zero-order chi connectivity index (χ0) is 9.26. The van der Waals surface area contributed by atoms with E-state index in [1.165, 1.54) is 0 Å². The van der Waals surface area contributed by atoms with Gasteiger partial charge in [0, 0.05) is 15.2 Å². The average Bonchev–Trinajstić information content (AvgIpc) is 2.18. The van der Waals surface area contributed by atoms with Crippen LogP contribution in [0.2, 0.25) is 0 Å². The molecule has 0 aliphatic carbocycles. The molecule has 0 spiro atoms. The first-order valence-electron chi connectivity index (χ1n) is 3.83. The summed E-state index contributed by atoms with van der Waals surface area (Å²) < 4.78 is 1.13. The molecule has 0 amide bonds. The van der Waals surface area contributed by atoms with Crippen molar-refractivity contribution in [2.24, 2.45) is 5.84 Å². The maximum atomic E-state index is 5.39. The van der Waals surface area contributed by atoms with Crippen LogP contribution in [0.25, 0.3) is 10.9 Å². The molecule has 0 saturated heterocycles. The van der Waals surface area contributed by atoms with Crippen molar-refractivity contribution in [3.05, 3.63) is 34.0 Å². The lowest BCUT2D eigenvalue weighted by atomic mass is 10.2. The van der Waals surface area contributed by atoms with Gasteiger partial charge in [-0.05, 0) is 34.7 Å². The summed E-state index contributed by atoms with van der Waals surface area (Å²) in [4.78, 5) is 4.29. The number of benzene rings is 1. The van der Waals surface area contributed by atoms with E-state index in [9.17, 15) is 0 Å². The molecule has 1 aromatic heterocycles. The molecule has 0 saturated carbocycles. The molecule has 2 rings (SSSR count). The number of nitrogens with zero attached hydrogens (tertiary/aromatic N) is 1. The minimum atomic E-state index is 0.906. The molecule has 3 N–H and O–H groups in total. The predicted octanol–water partition coefficient (Wildman–Crippen LogP) is 2.12. The van der Waals surface area contributed by atoms with Gasteiger partial charge in [-0.3, -0.25) is 10.8 Å². The zero-order valence-corrected chi connectivity index (χ0v) is 8.95. The van der Waals surface area contributed by atoms with Gasteiger partial charge in [0.05, 0.1) is 11.2 Å². The van der Waals surface area contributed by atoms with Crippen molar-refractivity contribution in [3.63, 3.8) is 0 Å². The Morgan fingerprint density at radius 2 is 2.15 bits per heavy atom. The third-order valence-electron chi connectivity index (χ3n) is 1.88. The van der Waals surface area contributed by atoms with E-state index < -0.39 is 0 Å². The average molecular weight is 285 g/mol. The summed E-state index contributed by atoms with van der Waals surface area (Å²) in [6.45, 7) is 0. The molecule has 1 heterocycles. The van der Waals surface area contributed by atoms with Crippen LogP contribution >= 0.6 is 22.6 Å². The molecule has 1 aromatic carbocycles. The third kappa shape index (κ3) is 1.47. The van der Waals surface area contributed by atoms with E-state index in [1.54, 1.807) is 6.20 Å². The first-order chi connectivity index (χ1) is 6.33. The van der Waals surface area contributed by atoms with Crippen LogP contribution in [0.1, 0.15) is 0 Å². The van der Waals surface area contributed by atoms with Crippen LogP contribution in [-0.4, -0.2) is 4.98 Å². The smallest absolute Gasteiger partial charge is 0.0856 e. The summed E-state index contributed by atoms with van der Waals surface area (Å²) >= 11 is 2.26. The molecule has 0 bridgehead atoms. The standard InChI is InChI=1S/C9H8IN3/c10-7-3-1-2-6-8(13-11)4-5-12-9(6)7/h1-5H,11H2,(H,12,13). The number of hydrazine groups is 1. The molecule has 0 fully saturated rings. The number of nitrogen functional groups attached to an aromatic ring is 1. The minimum absolute atomic E-state index is 0.906. The monoisotopic (exact) mass is 285 g/mol. The van der Waals surface area contributed by atoms with Gasteiger partial charge in [0.25, 0.3) is 0 Å². The summed E-state index contributed by atoms with van der Waals surface area (Å²) in [5, 5.41) is 1.05. The van der Waals surface area contributed by atoms with E-state index in [1.807, 2.05) is 24.3 Å². The van der Waals surface area contributed by atoms with Gasteiger partial charge in [0.2, 0.25) is 0 Å². The van der Waals surface area contributed by atoms with Crippen molar-refractivity contribution >= 4 is 39.2 Å². The number of nitrogens with two attached hydrogens (primary N) is 1. The van der Waals surface area contributed by atoms with Crippen LogP contribution in [-0.2, 0) is 0 Å². The van der Waals surface area contributed by atoms with E-state index in [0.29, 0.717) is 0 Å². The van der Waals surface area contributed by atoms with Crippen molar-refractivity contribution in [1.29, 1.82) is 0 Å². The number of halogens is 1. The summed E-state index contributed by atoms with van der Waals surface area (Å²) in [6, 6.07) is 7.88. The molecular formula is C9H8IN3. The summed E-state index contributed by atoms with van der Waals surface area (Å²) in [5.74, 6) is 5.39. The van der Waals surface area contributed by atoms with Crippen molar-refractivity contribution in [2.45, 2.75) is 0 Å². The molecule has 13 heavy (non-hydrogen) atoms. The molecule has 0 atom stereocenters. The maximum absolute atomic E-state index is 5.39. The minimum Gasteiger partial charge on any atom is -0.323 e. The van der Waals surface area contributed by atoms with Crippen molar-refractivity contribution in [3.8, 4) is 0 Å². The predicted molar refractivity (Wildman–Crippen MR) is 62.3 cm³/mol. The summed E-state index contributed by atoms with van der Waals surface area (Å²) in [6.07, 6.45) is 1.75. The quantitative estimate of drug-likeness (QED) is 0.479. The Labute approximate surface area is 89.5 Å². The Morgan fingerprint density at radius 1 is 1.31 bits per heavy atom. The molecule has 0 aliphatic heterocycles. The van der Waals surface area contributed by atoms with E-state index >= 15 is 0 Å². The lowest BCUT2D eigenvalue weighted by Gasteiger charge is -2.05. The Balaban J connectivity index is 2.84. The number of rotatable bonds is 1. The third-order valence-corrected chi connectivity index (χ3v) is 2.75. The van der Waals surface area contributed by atoms with Gasteiger partial charge in [0.15, 0.2) is 0 Å². The second-order valence-corrected chi connectivity index (χ2v) is 3.80. The van der Waals surface area contributed by atoms with E-state index in [2.05, 4.69) is 33.0 Å². The number of pyridine rings is 1. The van der Waals surface area contributed by atoms with Crippen LogP contribution in [0.4, 0.5) is 5.69 Å². The highest BCUT2D eigenvalue weighted by atomic mass is 127. The van der Waals surface area contributed by atoms with Gasteiger partial charge in [-0.2, -0.15) is 0 Å². The highest BCUT2D eigenvalue weighted by molar-refractivity contribution is 14.1. The Kier molecular flexibility index (Phi) is 2.32. The number of aromatic nitrogens is 1. The zero-order valence-electron chi connectivity index (χ0n) is 6.79. The van der Waals surface area contributed by atoms with E-state index in [0.717, 1.165) is 20.2 Å². The van der Waals surface area contributed by atoms with Gasteiger partial charge >= 0.3 is 0 Å². The SMILES string of the molecule is NNc1ccnc2c(I)cccc12. The number of para-hydroxylation sites is 1. The highest BCUT2D eigenvalue weighted by Gasteiger charge is 2.02. The first-order valence-corrected chi connectivity index (χ1v) is 4.90. The molecule has 66 valence electrons. The van der Waals surface area contributed by atoms with Gasteiger partial charge in [-0.25, -0.2) is 0 Å².